The average molecular weight is 262 g/mol. The zero-order valence-corrected chi connectivity index (χ0v) is 11.9. The van der Waals surface area contributed by atoms with Gasteiger partial charge in [0.25, 0.3) is 0 Å². The van der Waals surface area contributed by atoms with Crippen molar-refractivity contribution in [2.75, 3.05) is 6.54 Å². The molecule has 0 saturated heterocycles. The van der Waals surface area contributed by atoms with Gasteiger partial charge in [-0.3, -0.25) is 0 Å². The molecule has 2 aromatic heterocycles. The maximum atomic E-state index is 5.54. The summed E-state index contributed by atoms with van der Waals surface area (Å²) in [5.41, 5.74) is 1.23. The van der Waals surface area contributed by atoms with Crippen LogP contribution in [0.2, 0.25) is 0 Å². The summed E-state index contributed by atoms with van der Waals surface area (Å²) in [5.74, 6) is 2.02. The summed E-state index contributed by atoms with van der Waals surface area (Å²) < 4.78 is 7.68. The summed E-state index contributed by atoms with van der Waals surface area (Å²) in [7, 11) is 0. The lowest BCUT2D eigenvalue weighted by molar-refractivity contribution is 0.438. The van der Waals surface area contributed by atoms with Crippen LogP contribution in [0.5, 0.6) is 0 Å². The Morgan fingerprint density at radius 3 is 2.79 bits per heavy atom. The van der Waals surface area contributed by atoms with Gasteiger partial charge in [0.2, 0.25) is 11.8 Å². The van der Waals surface area contributed by atoms with E-state index in [9.17, 15) is 0 Å². The van der Waals surface area contributed by atoms with Crippen molar-refractivity contribution in [3.05, 3.63) is 35.8 Å². The second-order valence-corrected chi connectivity index (χ2v) is 5.10. The minimum absolute atomic E-state index is 0.638. The van der Waals surface area contributed by atoms with Crippen molar-refractivity contribution in [3.8, 4) is 0 Å². The van der Waals surface area contributed by atoms with Crippen LogP contribution in [-0.4, -0.2) is 21.3 Å². The smallest absolute Gasteiger partial charge is 0.236 e. The van der Waals surface area contributed by atoms with E-state index >= 15 is 0 Å². The highest BCUT2D eigenvalue weighted by Crippen LogP contribution is 2.08. The largest absolute Gasteiger partial charge is 0.423 e. The molecule has 0 radical (unpaired) electrons. The number of rotatable bonds is 7. The predicted molar refractivity (Wildman–Crippen MR) is 73.8 cm³/mol. The molecule has 0 aliphatic heterocycles. The second-order valence-electron chi connectivity index (χ2n) is 5.10. The molecule has 0 aromatic carbocycles. The molecule has 0 aliphatic carbocycles. The van der Waals surface area contributed by atoms with E-state index in [-0.39, 0.29) is 0 Å². The van der Waals surface area contributed by atoms with Crippen LogP contribution in [0, 0.1) is 5.92 Å². The Bertz CT molecular complexity index is 501. The molecule has 5 heteroatoms. The fourth-order valence-corrected chi connectivity index (χ4v) is 1.89. The average Bonchev–Trinajstić information content (AvgIpc) is 2.99. The topological polar surface area (TPSA) is 55.9 Å². The fourth-order valence-electron chi connectivity index (χ4n) is 1.89. The SMILES string of the molecule is CCc1nnc(Cn2cccc2CNCC(C)C)o1. The summed E-state index contributed by atoms with van der Waals surface area (Å²) in [4.78, 5) is 0. The third-order valence-corrected chi connectivity index (χ3v) is 2.90. The van der Waals surface area contributed by atoms with E-state index in [2.05, 4.69) is 40.0 Å². The van der Waals surface area contributed by atoms with Gasteiger partial charge in [0.1, 0.15) is 6.54 Å². The van der Waals surface area contributed by atoms with Gasteiger partial charge in [0, 0.05) is 24.9 Å². The first-order valence-electron chi connectivity index (χ1n) is 6.85. The van der Waals surface area contributed by atoms with E-state index in [1.807, 2.05) is 19.2 Å². The van der Waals surface area contributed by atoms with Crippen molar-refractivity contribution < 1.29 is 4.42 Å². The number of aryl methyl sites for hydroxylation is 1. The van der Waals surface area contributed by atoms with Crippen LogP contribution < -0.4 is 5.32 Å². The van der Waals surface area contributed by atoms with Crippen molar-refractivity contribution in [1.82, 2.24) is 20.1 Å². The van der Waals surface area contributed by atoms with Crippen molar-refractivity contribution in [2.24, 2.45) is 5.92 Å². The Labute approximate surface area is 114 Å². The molecule has 1 N–H and O–H groups in total. The van der Waals surface area contributed by atoms with Gasteiger partial charge in [-0.05, 0) is 24.6 Å². The van der Waals surface area contributed by atoms with E-state index < -0.39 is 0 Å². The highest BCUT2D eigenvalue weighted by atomic mass is 16.4. The van der Waals surface area contributed by atoms with Crippen molar-refractivity contribution in [3.63, 3.8) is 0 Å². The van der Waals surface area contributed by atoms with Crippen LogP contribution in [0.25, 0.3) is 0 Å². The lowest BCUT2D eigenvalue weighted by Crippen LogP contribution is -2.21. The monoisotopic (exact) mass is 262 g/mol. The summed E-state index contributed by atoms with van der Waals surface area (Å²) in [6.07, 6.45) is 2.82. The summed E-state index contributed by atoms with van der Waals surface area (Å²) in [5, 5.41) is 11.5. The van der Waals surface area contributed by atoms with Crippen LogP contribution in [0.15, 0.2) is 22.7 Å². The summed E-state index contributed by atoms with van der Waals surface area (Å²) in [6.45, 7) is 8.94. The van der Waals surface area contributed by atoms with Crippen LogP contribution in [0.1, 0.15) is 38.2 Å². The maximum absolute atomic E-state index is 5.54. The fraction of sp³-hybridized carbons (Fsp3) is 0.571. The lowest BCUT2D eigenvalue weighted by atomic mass is 10.2. The third kappa shape index (κ3) is 3.92. The van der Waals surface area contributed by atoms with Gasteiger partial charge in [0.05, 0.1) is 0 Å². The number of nitrogens with zero attached hydrogens (tertiary/aromatic N) is 3. The highest BCUT2D eigenvalue weighted by Gasteiger charge is 2.07. The number of aromatic nitrogens is 3. The first kappa shape index (κ1) is 13.8. The van der Waals surface area contributed by atoms with E-state index in [4.69, 9.17) is 4.42 Å². The van der Waals surface area contributed by atoms with Gasteiger partial charge in [-0.25, -0.2) is 0 Å². The molecule has 5 nitrogen and oxygen atoms in total. The molecule has 2 aromatic rings. The first-order valence-corrected chi connectivity index (χ1v) is 6.85. The molecule has 19 heavy (non-hydrogen) atoms. The minimum atomic E-state index is 0.638. The number of nitrogens with one attached hydrogen (secondary N) is 1. The molecule has 0 unspecified atom stereocenters. The van der Waals surface area contributed by atoms with Crippen molar-refractivity contribution in [2.45, 2.75) is 40.3 Å². The molecule has 2 heterocycles. The van der Waals surface area contributed by atoms with Crippen LogP contribution in [0.3, 0.4) is 0 Å². The Balaban J connectivity index is 1.95. The zero-order chi connectivity index (χ0) is 13.7. The van der Waals surface area contributed by atoms with Crippen molar-refractivity contribution in [1.29, 1.82) is 0 Å². The zero-order valence-electron chi connectivity index (χ0n) is 11.9. The molecular formula is C14H22N4O. The third-order valence-electron chi connectivity index (χ3n) is 2.90. The van der Waals surface area contributed by atoms with E-state index in [0.717, 1.165) is 19.5 Å². The minimum Gasteiger partial charge on any atom is -0.423 e. The molecule has 104 valence electrons. The maximum Gasteiger partial charge on any atom is 0.236 e. The van der Waals surface area contributed by atoms with E-state index in [1.54, 1.807) is 0 Å². The molecule has 0 atom stereocenters. The Kier molecular flexibility index (Phi) is 4.74. The highest BCUT2D eigenvalue weighted by molar-refractivity contribution is 5.08. The summed E-state index contributed by atoms with van der Waals surface area (Å²) >= 11 is 0. The van der Waals surface area contributed by atoms with Gasteiger partial charge < -0.3 is 14.3 Å². The van der Waals surface area contributed by atoms with Gasteiger partial charge in [-0.15, -0.1) is 10.2 Å². The molecular weight excluding hydrogens is 240 g/mol. The van der Waals surface area contributed by atoms with Gasteiger partial charge in [0.15, 0.2) is 0 Å². The molecule has 0 bridgehead atoms. The summed E-state index contributed by atoms with van der Waals surface area (Å²) in [6, 6.07) is 4.16. The molecule has 0 amide bonds. The number of hydrogen-bond acceptors (Lipinski definition) is 4. The van der Waals surface area contributed by atoms with Crippen LogP contribution >= 0.6 is 0 Å². The second kappa shape index (κ2) is 6.52. The van der Waals surface area contributed by atoms with Gasteiger partial charge in [-0.1, -0.05) is 20.8 Å². The standard InChI is InChI=1S/C14H22N4O/c1-4-13-16-17-14(19-13)10-18-7-5-6-12(18)9-15-8-11(2)3/h5-7,11,15H,4,8-10H2,1-3H3. The van der Waals surface area contributed by atoms with Crippen LogP contribution in [0.4, 0.5) is 0 Å². The van der Waals surface area contributed by atoms with Crippen LogP contribution in [-0.2, 0) is 19.5 Å². The molecule has 0 spiro atoms. The molecule has 0 aliphatic rings. The predicted octanol–water partition coefficient (Wildman–Crippen LogP) is 2.23. The van der Waals surface area contributed by atoms with Crippen molar-refractivity contribution >= 4 is 0 Å². The molecule has 2 rings (SSSR count). The number of hydrogen-bond donors (Lipinski definition) is 1. The quantitative estimate of drug-likeness (QED) is 0.831. The van der Waals surface area contributed by atoms with E-state index in [0.29, 0.717) is 24.2 Å². The first-order chi connectivity index (χ1) is 9.19. The Morgan fingerprint density at radius 2 is 2.11 bits per heavy atom. The van der Waals surface area contributed by atoms with Gasteiger partial charge >= 0.3 is 0 Å². The van der Waals surface area contributed by atoms with E-state index in [1.165, 1.54) is 5.69 Å². The molecule has 0 saturated carbocycles. The molecule has 0 fully saturated rings. The Morgan fingerprint density at radius 1 is 1.32 bits per heavy atom. The Hall–Kier alpha value is -1.62. The normalized spacial score (nSPS) is 11.4. The lowest BCUT2D eigenvalue weighted by Gasteiger charge is -2.10. The van der Waals surface area contributed by atoms with Gasteiger partial charge in [-0.2, -0.15) is 0 Å².